The van der Waals surface area contributed by atoms with Gasteiger partial charge in [0.15, 0.2) is 0 Å². The van der Waals surface area contributed by atoms with Crippen LogP contribution in [-0.4, -0.2) is 5.60 Å². The maximum atomic E-state index is 5.52. The van der Waals surface area contributed by atoms with Gasteiger partial charge < -0.3 is 9.05 Å². The second-order valence-corrected chi connectivity index (χ2v) is 4.74. The van der Waals surface area contributed by atoms with Crippen molar-refractivity contribution in [2.75, 3.05) is 0 Å². The van der Waals surface area contributed by atoms with Crippen LogP contribution >= 0.6 is 26.0 Å². The van der Waals surface area contributed by atoms with Gasteiger partial charge in [0.1, 0.15) is 5.75 Å². The molecule has 1 rings (SSSR count). The highest BCUT2D eigenvalue weighted by molar-refractivity contribution is 8.93. The quantitative estimate of drug-likeness (QED) is 0.775. The Labute approximate surface area is 104 Å². The van der Waals surface area contributed by atoms with Crippen molar-refractivity contribution in [2.24, 2.45) is 0 Å². The van der Waals surface area contributed by atoms with Crippen LogP contribution in [0.2, 0.25) is 0 Å². The number of hydrogen-bond acceptors (Lipinski definition) is 2. The number of para-hydroxylation sites is 1. The summed E-state index contributed by atoms with van der Waals surface area (Å²) in [5.74, 6) is 0.898. The van der Waals surface area contributed by atoms with Crippen molar-refractivity contribution in [1.29, 1.82) is 0 Å². The largest absolute Gasteiger partial charge is 0.449 e. The first-order valence-corrected chi connectivity index (χ1v) is 5.46. The Morgan fingerprint density at radius 2 is 1.73 bits per heavy atom. The standard InChI is InChI=1S/C11H17O2P.BrH/c1-9-7-5-6-8-10(9)12-14-13-11(2,3)4;/h5-8,14H,1-4H3;1H. The lowest BCUT2D eigenvalue weighted by Gasteiger charge is -2.19. The van der Waals surface area contributed by atoms with E-state index < -0.39 is 0 Å². The third-order valence-corrected chi connectivity index (χ3v) is 2.59. The molecule has 15 heavy (non-hydrogen) atoms. The van der Waals surface area contributed by atoms with Crippen molar-refractivity contribution in [3.05, 3.63) is 29.8 Å². The average Bonchev–Trinajstić information content (AvgIpc) is 2.06. The van der Waals surface area contributed by atoms with Gasteiger partial charge in [-0.05, 0) is 39.3 Å². The molecule has 0 aliphatic rings. The summed E-state index contributed by atoms with van der Waals surface area (Å²) in [5, 5.41) is 0. The number of benzene rings is 1. The monoisotopic (exact) mass is 292 g/mol. The van der Waals surface area contributed by atoms with Gasteiger partial charge in [0.25, 0.3) is 0 Å². The maximum absolute atomic E-state index is 5.52. The molecule has 1 aromatic carbocycles. The van der Waals surface area contributed by atoms with Gasteiger partial charge in [0.05, 0.1) is 5.60 Å². The molecule has 2 nitrogen and oxygen atoms in total. The minimum absolute atomic E-state index is 0. The highest BCUT2D eigenvalue weighted by Crippen LogP contribution is 2.28. The first-order valence-electron chi connectivity index (χ1n) is 4.64. The minimum atomic E-state index is -0.138. The Kier molecular flexibility index (Phi) is 6.42. The van der Waals surface area contributed by atoms with E-state index in [1.165, 1.54) is 0 Å². The summed E-state index contributed by atoms with van der Waals surface area (Å²) < 4.78 is 11.0. The highest BCUT2D eigenvalue weighted by atomic mass is 79.9. The predicted octanol–water partition coefficient (Wildman–Crippen LogP) is 4.28. The van der Waals surface area contributed by atoms with Gasteiger partial charge in [-0.15, -0.1) is 17.0 Å². The molecule has 0 N–H and O–H groups in total. The van der Waals surface area contributed by atoms with E-state index in [9.17, 15) is 0 Å². The Morgan fingerprint density at radius 1 is 1.13 bits per heavy atom. The maximum Gasteiger partial charge on any atom is 0.215 e. The Balaban J connectivity index is 0.00000196. The topological polar surface area (TPSA) is 18.5 Å². The molecule has 0 amide bonds. The van der Waals surface area contributed by atoms with Gasteiger partial charge in [-0.1, -0.05) is 18.2 Å². The summed E-state index contributed by atoms with van der Waals surface area (Å²) in [6, 6.07) is 7.94. The van der Waals surface area contributed by atoms with E-state index in [4.69, 9.17) is 9.05 Å². The van der Waals surface area contributed by atoms with Gasteiger partial charge in [-0.25, -0.2) is 0 Å². The third-order valence-electron chi connectivity index (χ3n) is 1.59. The van der Waals surface area contributed by atoms with E-state index in [1.807, 2.05) is 52.0 Å². The van der Waals surface area contributed by atoms with Gasteiger partial charge in [-0.3, -0.25) is 0 Å². The zero-order valence-electron chi connectivity index (χ0n) is 9.53. The van der Waals surface area contributed by atoms with Gasteiger partial charge in [0, 0.05) is 0 Å². The zero-order valence-corrected chi connectivity index (χ0v) is 12.2. The van der Waals surface area contributed by atoms with Crippen molar-refractivity contribution < 1.29 is 9.05 Å². The van der Waals surface area contributed by atoms with Crippen LogP contribution < -0.4 is 4.52 Å². The van der Waals surface area contributed by atoms with Crippen LogP contribution in [0.1, 0.15) is 26.3 Å². The van der Waals surface area contributed by atoms with Crippen molar-refractivity contribution in [3.63, 3.8) is 0 Å². The fraction of sp³-hybridized carbons (Fsp3) is 0.455. The number of halogens is 1. The summed E-state index contributed by atoms with van der Waals surface area (Å²) in [7, 11) is 0.0575. The third kappa shape index (κ3) is 6.14. The lowest BCUT2D eigenvalue weighted by molar-refractivity contribution is 0.143. The zero-order chi connectivity index (χ0) is 10.6. The molecule has 0 saturated heterocycles. The summed E-state index contributed by atoms with van der Waals surface area (Å²) in [4.78, 5) is 0. The lowest BCUT2D eigenvalue weighted by atomic mass is 10.2. The van der Waals surface area contributed by atoms with Crippen LogP contribution in [0, 0.1) is 6.92 Å². The first-order chi connectivity index (χ1) is 6.49. The van der Waals surface area contributed by atoms with Crippen LogP contribution in [0.5, 0.6) is 5.75 Å². The number of aryl methyl sites for hydroxylation is 1. The molecule has 0 fully saturated rings. The molecule has 1 aromatic rings. The van der Waals surface area contributed by atoms with Gasteiger partial charge >= 0.3 is 0 Å². The van der Waals surface area contributed by atoms with Crippen LogP contribution in [0.15, 0.2) is 24.3 Å². The van der Waals surface area contributed by atoms with E-state index in [-0.39, 0.29) is 31.6 Å². The van der Waals surface area contributed by atoms with E-state index >= 15 is 0 Å². The molecule has 0 aliphatic heterocycles. The summed E-state index contributed by atoms with van der Waals surface area (Å²) in [6.07, 6.45) is 0. The summed E-state index contributed by atoms with van der Waals surface area (Å²) >= 11 is 0. The second-order valence-electron chi connectivity index (χ2n) is 4.17. The number of rotatable bonds is 3. The van der Waals surface area contributed by atoms with Crippen molar-refractivity contribution in [1.82, 2.24) is 0 Å². The molecule has 86 valence electrons. The average molecular weight is 293 g/mol. The molecule has 0 aliphatic carbocycles. The Bertz CT molecular complexity index is 297. The molecule has 1 atom stereocenters. The molecule has 0 heterocycles. The Hall–Kier alpha value is -0.110. The summed E-state index contributed by atoms with van der Waals surface area (Å²) in [6.45, 7) is 8.07. The molecule has 0 spiro atoms. The molecule has 1 unspecified atom stereocenters. The van der Waals surface area contributed by atoms with Crippen LogP contribution in [0.25, 0.3) is 0 Å². The van der Waals surface area contributed by atoms with Crippen molar-refractivity contribution in [2.45, 2.75) is 33.3 Å². The summed E-state index contributed by atoms with van der Waals surface area (Å²) in [5.41, 5.74) is 0.999. The molecule has 4 heteroatoms. The van der Waals surface area contributed by atoms with Crippen LogP contribution in [0.3, 0.4) is 0 Å². The molecule has 0 saturated carbocycles. The van der Waals surface area contributed by atoms with E-state index in [0.717, 1.165) is 11.3 Å². The molecule has 0 aromatic heterocycles. The fourth-order valence-electron chi connectivity index (χ4n) is 0.862. The minimum Gasteiger partial charge on any atom is -0.449 e. The van der Waals surface area contributed by atoms with E-state index in [1.54, 1.807) is 0 Å². The van der Waals surface area contributed by atoms with Gasteiger partial charge in [-0.2, -0.15) is 0 Å². The number of hydrogen-bond donors (Lipinski definition) is 0. The SMILES string of the molecule is Br.Cc1ccccc1OPOC(C)(C)C. The predicted molar refractivity (Wildman–Crippen MR) is 71.3 cm³/mol. The van der Waals surface area contributed by atoms with E-state index in [2.05, 4.69) is 0 Å². The normalized spacial score (nSPS) is 11.5. The fourth-order valence-corrected chi connectivity index (χ4v) is 1.47. The van der Waals surface area contributed by atoms with Gasteiger partial charge in [0.2, 0.25) is 9.03 Å². The van der Waals surface area contributed by atoms with E-state index in [0.29, 0.717) is 0 Å². The lowest BCUT2D eigenvalue weighted by Crippen LogP contribution is -2.14. The molecule has 0 radical (unpaired) electrons. The first kappa shape index (κ1) is 14.9. The van der Waals surface area contributed by atoms with Crippen LogP contribution in [-0.2, 0) is 4.52 Å². The van der Waals surface area contributed by atoms with Crippen molar-refractivity contribution in [3.8, 4) is 5.75 Å². The Morgan fingerprint density at radius 3 is 2.27 bits per heavy atom. The smallest absolute Gasteiger partial charge is 0.215 e. The molecular weight excluding hydrogens is 275 g/mol. The van der Waals surface area contributed by atoms with Crippen molar-refractivity contribution >= 4 is 26.0 Å². The second kappa shape index (κ2) is 6.47. The highest BCUT2D eigenvalue weighted by Gasteiger charge is 2.10. The molecule has 0 bridgehead atoms. The molecular formula is C11H18BrO2P. The van der Waals surface area contributed by atoms with Crippen LogP contribution in [0.4, 0.5) is 0 Å².